The Bertz CT molecular complexity index is 1260. The number of hydrogen-bond acceptors (Lipinski definition) is 4. The van der Waals surface area contributed by atoms with Gasteiger partial charge in [-0.1, -0.05) is 42.5 Å². The van der Waals surface area contributed by atoms with E-state index in [-0.39, 0.29) is 5.56 Å². The lowest BCUT2D eigenvalue weighted by molar-refractivity contribution is -0.137. The van der Waals surface area contributed by atoms with Crippen LogP contribution in [0.2, 0.25) is 0 Å². The summed E-state index contributed by atoms with van der Waals surface area (Å²) in [5.41, 5.74) is 1.38. The number of benzene rings is 2. The molecule has 0 fully saturated rings. The molecule has 2 heterocycles. The first-order chi connectivity index (χ1) is 16.9. The van der Waals surface area contributed by atoms with E-state index in [0.717, 1.165) is 30.7 Å². The molecule has 0 saturated heterocycles. The molecule has 2 aromatic carbocycles. The number of rotatable bonds is 8. The van der Waals surface area contributed by atoms with Gasteiger partial charge in [-0.15, -0.1) is 0 Å². The van der Waals surface area contributed by atoms with E-state index in [0.29, 0.717) is 29.3 Å². The number of carbonyl (C=O) groups excluding carboxylic acids is 1. The van der Waals surface area contributed by atoms with Gasteiger partial charge in [0.05, 0.1) is 24.1 Å². The van der Waals surface area contributed by atoms with Gasteiger partial charge in [0, 0.05) is 23.5 Å². The molecule has 0 saturated carbocycles. The Labute approximate surface area is 200 Å². The quantitative estimate of drug-likeness (QED) is 0.297. The summed E-state index contributed by atoms with van der Waals surface area (Å²) in [6.45, 7) is 0.444. The first-order valence-corrected chi connectivity index (χ1v) is 11.0. The maximum atomic E-state index is 13.3. The molecule has 0 bridgehead atoms. The summed E-state index contributed by atoms with van der Waals surface area (Å²) in [5, 5.41) is 2.63. The van der Waals surface area contributed by atoms with E-state index >= 15 is 0 Å². The van der Waals surface area contributed by atoms with Crippen LogP contribution in [0, 0.1) is 0 Å². The zero-order valence-corrected chi connectivity index (χ0v) is 18.6. The predicted molar refractivity (Wildman–Crippen MR) is 127 cm³/mol. The van der Waals surface area contributed by atoms with Gasteiger partial charge in [0.2, 0.25) is 5.88 Å². The number of anilines is 1. The van der Waals surface area contributed by atoms with Crippen LogP contribution in [-0.4, -0.2) is 22.5 Å². The number of carbonyl (C=O) groups is 1. The van der Waals surface area contributed by atoms with Crippen molar-refractivity contribution in [1.29, 1.82) is 0 Å². The Hall–Kier alpha value is -4.20. The average molecular weight is 477 g/mol. The molecule has 1 N–H and O–H groups in total. The molecule has 2 aromatic heterocycles. The summed E-state index contributed by atoms with van der Waals surface area (Å²) in [4.78, 5) is 21.4. The second-order valence-electron chi connectivity index (χ2n) is 7.74. The minimum Gasteiger partial charge on any atom is -0.478 e. The van der Waals surface area contributed by atoms with E-state index in [2.05, 4.69) is 15.3 Å². The summed E-state index contributed by atoms with van der Waals surface area (Å²) in [5.74, 6) is -0.283. The van der Waals surface area contributed by atoms with E-state index in [1.807, 2.05) is 18.2 Å². The fraction of sp³-hybridized carbons (Fsp3) is 0.148. The zero-order chi connectivity index (χ0) is 24.7. The maximum absolute atomic E-state index is 13.3. The highest BCUT2D eigenvalue weighted by Crippen LogP contribution is 2.33. The molecule has 0 atom stereocenters. The number of alkyl halides is 3. The Morgan fingerprint density at radius 2 is 1.71 bits per heavy atom. The predicted octanol–water partition coefficient (Wildman–Crippen LogP) is 6.43. The topological polar surface area (TPSA) is 64.1 Å². The van der Waals surface area contributed by atoms with Crippen molar-refractivity contribution >= 4 is 11.6 Å². The smallest absolute Gasteiger partial charge is 0.416 e. The maximum Gasteiger partial charge on any atom is 0.416 e. The molecule has 35 heavy (non-hydrogen) atoms. The monoisotopic (exact) mass is 477 g/mol. The Balaban J connectivity index is 1.43. The van der Waals surface area contributed by atoms with Crippen LogP contribution in [0.1, 0.15) is 28.0 Å². The van der Waals surface area contributed by atoms with Crippen molar-refractivity contribution in [2.45, 2.75) is 19.0 Å². The molecule has 4 aromatic rings. The molecule has 0 spiro atoms. The number of amides is 1. The second kappa shape index (κ2) is 10.8. The molecule has 5 nitrogen and oxygen atoms in total. The van der Waals surface area contributed by atoms with Gasteiger partial charge in [0.15, 0.2) is 0 Å². The van der Waals surface area contributed by atoms with E-state index in [9.17, 15) is 18.0 Å². The number of nitrogens with one attached hydrogen (secondary N) is 1. The van der Waals surface area contributed by atoms with Crippen molar-refractivity contribution in [3.8, 4) is 17.0 Å². The molecular weight excluding hydrogens is 455 g/mol. The van der Waals surface area contributed by atoms with E-state index < -0.39 is 17.6 Å². The number of pyridine rings is 2. The zero-order valence-electron chi connectivity index (χ0n) is 18.6. The Kier molecular flexibility index (Phi) is 7.40. The first-order valence-electron chi connectivity index (χ1n) is 11.0. The normalized spacial score (nSPS) is 11.2. The van der Waals surface area contributed by atoms with Crippen LogP contribution in [0.25, 0.3) is 11.1 Å². The van der Waals surface area contributed by atoms with Crippen LogP contribution in [-0.2, 0) is 12.6 Å². The van der Waals surface area contributed by atoms with Crippen LogP contribution in [0.3, 0.4) is 0 Å². The number of halogens is 3. The van der Waals surface area contributed by atoms with Gasteiger partial charge in [0.1, 0.15) is 0 Å². The fourth-order valence-electron chi connectivity index (χ4n) is 3.49. The molecule has 4 rings (SSSR count). The molecule has 0 radical (unpaired) electrons. The largest absolute Gasteiger partial charge is 0.478 e. The number of ether oxygens (including phenoxy) is 1. The Morgan fingerprint density at radius 1 is 0.914 bits per heavy atom. The number of aromatic nitrogens is 2. The minimum absolute atomic E-state index is 0.0825. The van der Waals surface area contributed by atoms with Gasteiger partial charge in [-0.25, -0.2) is 4.98 Å². The molecular formula is C27H22F3N3O2. The Morgan fingerprint density at radius 3 is 2.40 bits per heavy atom. The number of nitrogens with zero attached hydrogens (tertiary/aromatic N) is 2. The third kappa shape index (κ3) is 6.44. The van der Waals surface area contributed by atoms with Gasteiger partial charge in [-0.05, 0) is 54.3 Å². The summed E-state index contributed by atoms with van der Waals surface area (Å²) >= 11 is 0. The van der Waals surface area contributed by atoms with Crippen LogP contribution in [0.5, 0.6) is 5.88 Å². The van der Waals surface area contributed by atoms with E-state index in [1.165, 1.54) is 12.3 Å². The van der Waals surface area contributed by atoms with Crippen molar-refractivity contribution in [2.24, 2.45) is 0 Å². The SMILES string of the molecule is O=C(Nc1ccc(OCCCc2ccccn2)nc1)c1cc(C(F)(F)F)ccc1-c1ccccc1. The van der Waals surface area contributed by atoms with Crippen LogP contribution in [0.15, 0.2) is 91.3 Å². The lowest BCUT2D eigenvalue weighted by Gasteiger charge is -2.14. The van der Waals surface area contributed by atoms with Crippen molar-refractivity contribution in [3.05, 3.63) is 108 Å². The van der Waals surface area contributed by atoms with Crippen molar-refractivity contribution in [1.82, 2.24) is 9.97 Å². The van der Waals surface area contributed by atoms with Crippen molar-refractivity contribution < 1.29 is 22.7 Å². The van der Waals surface area contributed by atoms with Crippen LogP contribution >= 0.6 is 0 Å². The summed E-state index contributed by atoms with van der Waals surface area (Å²) in [6.07, 6.45) is 0.112. The summed E-state index contributed by atoms with van der Waals surface area (Å²) < 4.78 is 45.5. The van der Waals surface area contributed by atoms with Crippen LogP contribution < -0.4 is 10.1 Å². The lowest BCUT2D eigenvalue weighted by atomic mass is 9.96. The highest BCUT2D eigenvalue weighted by molar-refractivity contribution is 6.08. The standard InChI is InChI=1S/C27H22F3N3O2/c28-27(29,30)20-11-13-23(19-7-2-1-3-8-19)24(17-20)26(34)33-22-12-14-25(32-18-22)35-16-6-10-21-9-4-5-15-31-21/h1-5,7-9,11-15,17-18H,6,10,16H2,(H,33,34). The van der Waals surface area contributed by atoms with E-state index in [4.69, 9.17) is 4.74 Å². The fourth-order valence-corrected chi connectivity index (χ4v) is 3.49. The molecule has 0 unspecified atom stereocenters. The molecule has 8 heteroatoms. The van der Waals surface area contributed by atoms with Crippen LogP contribution in [0.4, 0.5) is 18.9 Å². The van der Waals surface area contributed by atoms with Crippen molar-refractivity contribution in [2.75, 3.05) is 11.9 Å². The minimum atomic E-state index is -4.57. The molecule has 0 aliphatic heterocycles. The highest BCUT2D eigenvalue weighted by Gasteiger charge is 2.32. The number of aryl methyl sites for hydroxylation is 1. The highest BCUT2D eigenvalue weighted by atomic mass is 19.4. The van der Waals surface area contributed by atoms with Crippen molar-refractivity contribution in [3.63, 3.8) is 0 Å². The van der Waals surface area contributed by atoms with Gasteiger partial charge in [0.25, 0.3) is 5.91 Å². The summed E-state index contributed by atoms with van der Waals surface area (Å²) in [7, 11) is 0. The molecule has 178 valence electrons. The molecule has 0 aliphatic carbocycles. The third-order valence-electron chi connectivity index (χ3n) is 5.22. The van der Waals surface area contributed by atoms with Gasteiger partial charge in [-0.2, -0.15) is 13.2 Å². The van der Waals surface area contributed by atoms with Gasteiger partial charge in [-0.3, -0.25) is 9.78 Å². The lowest BCUT2D eigenvalue weighted by Crippen LogP contribution is -2.15. The second-order valence-corrected chi connectivity index (χ2v) is 7.74. The average Bonchev–Trinajstić information content (AvgIpc) is 2.88. The molecule has 0 aliphatic rings. The van der Waals surface area contributed by atoms with Gasteiger partial charge >= 0.3 is 6.18 Å². The number of hydrogen-bond donors (Lipinski definition) is 1. The van der Waals surface area contributed by atoms with E-state index in [1.54, 1.807) is 48.7 Å². The molecule has 1 amide bonds. The third-order valence-corrected chi connectivity index (χ3v) is 5.22. The first kappa shape index (κ1) is 23.9. The van der Waals surface area contributed by atoms with Gasteiger partial charge < -0.3 is 10.1 Å². The summed E-state index contributed by atoms with van der Waals surface area (Å²) in [6, 6.07) is 20.9.